The number of nitrogens with one attached hydrogen (secondary N) is 1. The maximum atomic E-state index is 12.1. The summed E-state index contributed by atoms with van der Waals surface area (Å²) in [5.74, 6) is -0.323. The number of hydrogen-bond acceptors (Lipinski definition) is 3. The molecular formula is C16H25N3O. The molecular weight excluding hydrogens is 250 g/mol. The number of nitrogens with two attached hydrogens (primary N) is 1. The van der Waals surface area contributed by atoms with Gasteiger partial charge in [0.15, 0.2) is 0 Å². The Bertz CT molecular complexity index is 442. The molecule has 0 saturated heterocycles. The van der Waals surface area contributed by atoms with Gasteiger partial charge in [-0.2, -0.15) is 0 Å². The van der Waals surface area contributed by atoms with Crippen LogP contribution in [0.25, 0.3) is 0 Å². The standard InChI is InChI=1S/C16H25N3O/c1-18-16(15(17)20,13-8-4-3-5-9-13)12-19(2)14-10-6-7-11-14/h3-5,8-9,14,18H,6-7,10-12H2,1-2H3,(H2,17,20). The first-order chi connectivity index (χ1) is 9.60. The molecule has 1 aliphatic rings. The lowest BCUT2D eigenvalue weighted by molar-refractivity contribution is -0.125. The molecule has 20 heavy (non-hydrogen) atoms. The second kappa shape index (κ2) is 6.37. The Morgan fingerprint density at radius 3 is 2.45 bits per heavy atom. The van der Waals surface area contributed by atoms with Gasteiger partial charge in [0.25, 0.3) is 0 Å². The third kappa shape index (κ3) is 2.86. The van der Waals surface area contributed by atoms with Crippen molar-refractivity contribution in [2.75, 3.05) is 20.6 Å². The summed E-state index contributed by atoms with van der Waals surface area (Å²) in [6.45, 7) is 0.605. The van der Waals surface area contributed by atoms with Gasteiger partial charge in [-0.05, 0) is 32.5 Å². The highest BCUT2D eigenvalue weighted by Gasteiger charge is 2.39. The zero-order valence-corrected chi connectivity index (χ0v) is 12.4. The number of likely N-dealkylation sites (N-methyl/N-ethyl adjacent to an activating group) is 2. The summed E-state index contributed by atoms with van der Waals surface area (Å²) in [4.78, 5) is 14.4. The van der Waals surface area contributed by atoms with E-state index in [-0.39, 0.29) is 5.91 Å². The van der Waals surface area contributed by atoms with Crippen molar-refractivity contribution < 1.29 is 4.79 Å². The van der Waals surface area contributed by atoms with Crippen LogP contribution in [-0.2, 0) is 10.3 Å². The Morgan fingerprint density at radius 1 is 1.35 bits per heavy atom. The van der Waals surface area contributed by atoms with E-state index in [1.165, 1.54) is 25.7 Å². The summed E-state index contributed by atoms with van der Waals surface area (Å²) < 4.78 is 0. The highest BCUT2D eigenvalue weighted by molar-refractivity contribution is 5.86. The summed E-state index contributed by atoms with van der Waals surface area (Å²) in [5.41, 5.74) is 5.84. The monoisotopic (exact) mass is 275 g/mol. The Balaban J connectivity index is 2.25. The van der Waals surface area contributed by atoms with Gasteiger partial charge in [-0.15, -0.1) is 0 Å². The van der Waals surface area contributed by atoms with E-state index in [1.807, 2.05) is 30.3 Å². The molecule has 1 fully saturated rings. The molecule has 1 unspecified atom stereocenters. The molecule has 2 rings (SSSR count). The number of amides is 1. The lowest BCUT2D eigenvalue weighted by Gasteiger charge is -2.37. The SMILES string of the molecule is CNC(CN(C)C1CCCC1)(C(N)=O)c1ccccc1. The van der Waals surface area contributed by atoms with Crippen LogP contribution in [0, 0.1) is 0 Å². The van der Waals surface area contributed by atoms with Crippen molar-refractivity contribution in [1.82, 2.24) is 10.2 Å². The molecule has 3 N–H and O–H groups in total. The number of rotatable bonds is 6. The Labute approximate surface area is 121 Å². The molecule has 0 aromatic heterocycles. The molecule has 1 atom stereocenters. The van der Waals surface area contributed by atoms with Crippen LogP contribution >= 0.6 is 0 Å². The molecule has 0 aliphatic heterocycles. The molecule has 0 bridgehead atoms. The Kier molecular flexibility index (Phi) is 4.78. The quantitative estimate of drug-likeness (QED) is 0.826. The predicted octanol–water partition coefficient (Wildman–Crippen LogP) is 1.46. The lowest BCUT2D eigenvalue weighted by atomic mass is 9.88. The van der Waals surface area contributed by atoms with Crippen LogP contribution in [0.5, 0.6) is 0 Å². The van der Waals surface area contributed by atoms with E-state index in [0.29, 0.717) is 12.6 Å². The number of hydrogen-bond donors (Lipinski definition) is 2. The molecule has 1 aliphatic carbocycles. The van der Waals surface area contributed by atoms with Crippen LogP contribution in [0.15, 0.2) is 30.3 Å². The van der Waals surface area contributed by atoms with Crippen molar-refractivity contribution in [3.05, 3.63) is 35.9 Å². The molecule has 1 aromatic carbocycles. The third-order valence-corrected chi connectivity index (χ3v) is 4.55. The molecule has 4 heteroatoms. The zero-order valence-electron chi connectivity index (χ0n) is 12.4. The molecule has 110 valence electrons. The fourth-order valence-electron chi connectivity index (χ4n) is 3.23. The maximum Gasteiger partial charge on any atom is 0.243 e. The second-order valence-electron chi connectivity index (χ2n) is 5.74. The second-order valence-corrected chi connectivity index (χ2v) is 5.74. The van der Waals surface area contributed by atoms with E-state index in [9.17, 15) is 4.79 Å². The molecule has 0 heterocycles. The van der Waals surface area contributed by atoms with E-state index < -0.39 is 5.54 Å². The molecule has 4 nitrogen and oxygen atoms in total. The minimum atomic E-state index is -0.821. The van der Waals surface area contributed by atoms with Crippen molar-refractivity contribution >= 4 is 5.91 Å². The number of nitrogens with zero attached hydrogens (tertiary/aromatic N) is 1. The van der Waals surface area contributed by atoms with Gasteiger partial charge >= 0.3 is 0 Å². The fraction of sp³-hybridized carbons (Fsp3) is 0.562. The van der Waals surface area contributed by atoms with Gasteiger partial charge in [-0.1, -0.05) is 43.2 Å². The van der Waals surface area contributed by atoms with Crippen molar-refractivity contribution in [3.8, 4) is 0 Å². The third-order valence-electron chi connectivity index (χ3n) is 4.55. The van der Waals surface area contributed by atoms with Crippen molar-refractivity contribution in [1.29, 1.82) is 0 Å². The smallest absolute Gasteiger partial charge is 0.243 e. The van der Waals surface area contributed by atoms with E-state index in [4.69, 9.17) is 5.73 Å². The van der Waals surface area contributed by atoms with Crippen LogP contribution in [0.3, 0.4) is 0 Å². The number of carbonyl (C=O) groups excluding carboxylic acids is 1. The summed E-state index contributed by atoms with van der Waals surface area (Å²) in [5, 5.41) is 3.17. The van der Waals surface area contributed by atoms with Crippen LogP contribution < -0.4 is 11.1 Å². The zero-order chi connectivity index (χ0) is 14.6. The van der Waals surface area contributed by atoms with E-state index in [1.54, 1.807) is 7.05 Å². The lowest BCUT2D eigenvalue weighted by Crippen LogP contribution is -2.58. The van der Waals surface area contributed by atoms with Gasteiger partial charge in [0, 0.05) is 12.6 Å². The van der Waals surface area contributed by atoms with Gasteiger partial charge in [0.2, 0.25) is 5.91 Å². The molecule has 0 radical (unpaired) electrons. The van der Waals surface area contributed by atoms with Crippen molar-refractivity contribution in [3.63, 3.8) is 0 Å². The van der Waals surface area contributed by atoms with E-state index in [0.717, 1.165) is 5.56 Å². The summed E-state index contributed by atoms with van der Waals surface area (Å²) in [6, 6.07) is 10.3. The Morgan fingerprint density at radius 2 is 1.95 bits per heavy atom. The normalized spacial score (nSPS) is 19.1. The first-order valence-electron chi connectivity index (χ1n) is 7.35. The van der Waals surface area contributed by atoms with Crippen LogP contribution in [-0.4, -0.2) is 37.5 Å². The molecule has 1 saturated carbocycles. The first-order valence-corrected chi connectivity index (χ1v) is 7.35. The van der Waals surface area contributed by atoms with Gasteiger partial charge in [0.1, 0.15) is 5.54 Å². The molecule has 1 aromatic rings. The average Bonchev–Trinajstić information content (AvgIpc) is 2.99. The number of benzene rings is 1. The van der Waals surface area contributed by atoms with Crippen molar-refractivity contribution in [2.45, 2.75) is 37.3 Å². The maximum absolute atomic E-state index is 12.1. The van der Waals surface area contributed by atoms with E-state index in [2.05, 4.69) is 17.3 Å². The first kappa shape index (κ1) is 15.0. The minimum absolute atomic E-state index is 0.323. The topological polar surface area (TPSA) is 58.4 Å². The largest absolute Gasteiger partial charge is 0.368 e. The highest BCUT2D eigenvalue weighted by atomic mass is 16.1. The van der Waals surface area contributed by atoms with Crippen LogP contribution in [0.2, 0.25) is 0 Å². The molecule has 0 spiro atoms. The average molecular weight is 275 g/mol. The number of carbonyl (C=O) groups is 1. The van der Waals surface area contributed by atoms with Crippen LogP contribution in [0.1, 0.15) is 31.2 Å². The van der Waals surface area contributed by atoms with E-state index >= 15 is 0 Å². The minimum Gasteiger partial charge on any atom is -0.368 e. The molecule has 1 amide bonds. The van der Waals surface area contributed by atoms with Gasteiger partial charge in [-0.3, -0.25) is 4.79 Å². The van der Waals surface area contributed by atoms with Gasteiger partial charge in [0.05, 0.1) is 0 Å². The fourth-order valence-corrected chi connectivity index (χ4v) is 3.23. The van der Waals surface area contributed by atoms with Gasteiger partial charge < -0.3 is 16.0 Å². The van der Waals surface area contributed by atoms with Crippen LogP contribution in [0.4, 0.5) is 0 Å². The summed E-state index contributed by atoms with van der Waals surface area (Å²) >= 11 is 0. The summed E-state index contributed by atoms with van der Waals surface area (Å²) in [6.07, 6.45) is 4.99. The Hall–Kier alpha value is -1.39. The number of primary amides is 1. The van der Waals surface area contributed by atoms with Crippen molar-refractivity contribution in [2.24, 2.45) is 5.73 Å². The summed E-state index contributed by atoms with van der Waals surface area (Å²) in [7, 11) is 3.90. The predicted molar refractivity (Wildman–Crippen MR) is 81.3 cm³/mol. The van der Waals surface area contributed by atoms with Gasteiger partial charge in [-0.25, -0.2) is 0 Å². The highest BCUT2D eigenvalue weighted by Crippen LogP contribution is 2.27.